The zero-order valence-electron chi connectivity index (χ0n) is 14.3. The first-order valence-electron chi connectivity index (χ1n) is 7.97. The molecule has 5 nitrogen and oxygen atoms in total. The van der Waals surface area contributed by atoms with Crippen molar-refractivity contribution >= 4 is 40.5 Å². The van der Waals surface area contributed by atoms with Crippen molar-refractivity contribution in [3.63, 3.8) is 0 Å². The number of para-hydroxylation sites is 1. The number of allylic oxidation sites excluding steroid dienone is 1. The molecule has 3 N–H and O–H groups in total. The fourth-order valence-corrected chi connectivity index (χ4v) is 3.26. The fraction of sp³-hybridized carbons (Fsp3) is 0.158. The van der Waals surface area contributed by atoms with Crippen LogP contribution in [0.25, 0.3) is 0 Å². The van der Waals surface area contributed by atoms with Crippen LogP contribution in [-0.4, -0.2) is 18.1 Å². The first-order chi connectivity index (χ1) is 12.5. The van der Waals surface area contributed by atoms with Crippen molar-refractivity contribution in [2.75, 3.05) is 12.4 Å². The van der Waals surface area contributed by atoms with E-state index >= 15 is 0 Å². The molecule has 1 unspecified atom stereocenters. The Morgan fingerprint density at radius 3 is 2.58 bits per heavy atom. The van der Waals surface area contributed by atoms with Gasteiger partial charge in [0.05, 0.1) is 18.7 Å². The third-order valence-corrected chi connectivity index (χ3v) is 4.54. The molecule has 26 heavy (non-hydrogen) atoms. The molecular weight excluding hydrogens is 370 g/mol. The lowest BCUT2D eigenvalue weighted by Crippen LogP contribution is -2.45. The van der Waals surface area contributed by atoms with Crippen LogP contribution in [0.3, 0.4) is 0 Å². The highest BCUT2D eigenvalue weighted by Gasteiger charge is 2.31. The minimum absolute atomic E-state index is 0.233. The van der Waals surface area contributed by atoms with Gasteiger partial charge in [-0.15, -0.1) is 0 Å². The Hall–Kier alpha value is -2.57. The summed E-state index contributed by atoms with van der Waals surface area (Å²) in [7, 11) is 1.60. The number of anilines is 1. The minimum atomic E-state index is -0.424. The molecule has 0 spiro atoms. The summed E-state index contributed by atoms with van der Waals surface area (Å²) in [6.45, 7) is 1.83. The van der Waals surface area contributed by atoms with Crippen molar-refractivity contribution in [2.45, 2.75) is 13.0 Å². The van der Waals surface area contributed by atoms with E-state index in [9.17, 15) is 4.79 Å². The molecule has 1 aliphatic rings. The molecule has 2 aromatic rings. The Morgan fingerprint density at radius 2 is 1.88 bits per heavy atom. The second-order valence-electron chi connectivity index (χ2n) is 5.77. The minimum Gasteiger partial charge on any atom is -0.496 e. The number of hydrogen-bond donors (Lipinski definition) is 3. The van der Waals surface area contributed by atoms with Crippen LogP contribution in [0.1, 0.15) is 18.5 Å². The van der Waals surface area contributed by atoms with Crippen LogP contribution in [-0.2, 0) is 4.79 Å². The normalized spacial score (nSPS) is 16.6. The van der Waals surface area contributed by atoms with E-state index in [1.54, 1.807) is 31.4 Å². The second-order valence-corrected chi connectivity index (χ2v) is 6.62. The second kappa shape index (κ2) is 7.76. The van der Waals surface area contributed by atoms with Gasteiger partial charge >= 0.3 is 0 Å². The zero-order chi connectivity index (χ0) is 18.7. The summed E-state index contributed by atoms with van der Waals surface area (Å²) in [5, 5.41) is 10.2. The summed E-state index contributed by atoms with van der Waals surface area (Å²) in [4.78, 5) is 13.0. The van der Waals surface area contributed by atoms with Crippen LogP contribution in [0, 0.1) is 0 Å². The van der Waals surface area contributed by atoms with Crippen LogP contribution >= 0.6 is 23.8 Å². The van der Waals surface area contributed by atoms with Crippen LogP contribution < -0.4 is 20.7 Å². The summed E-state index contributed by atoms with van der Waals surface area (Å²) in [6, 6.07) is 14.1. The van der Waals surface area contributed by atoms with Crippen LogP contribution in [0.5, 0.6) is 5.75 Å². The van der Waals surface area contributed by atoms with Gasteiger partial charge in [0.25, 0.3) is 5.91 Å². The Kier molecular flexibility index (Phi) is 5.44. The maximum absolute atomic E-state index is 13.0. The van der Waals surface area contributed by atoms with Gasteiger partial charge in [0.2, 0.25) is 0 Å². The maximum atomic E-state index is 13.0. The summed E-state index contributed by atoms with van der Waals surface area (Å²) in [5.41, 5.74) is 2.72. The van der Waals surface area contributed by atoms with Crippen molar-refractivity contribution in [1.29, 1.82) is 0 Å². The Morgan fingerprint density at radius 1 is 1.19 bits per heavy atom. The quantitative estimate of drug-likeness (QED) is 0.697. The standard InChI is InChI=1S/C19H18ClN3O2S/c1-11-16(18(24)22-13-9-7-12(20)8-10-13)17(23-19(26)21-11)14-5-3-4-6-15(14)25-2/h3-10,17H,1-2H3,(H,22,24)(H2,21,23,26). The third kappa shape index (κ3) is 3.81. The Bertz CT molecular complexity index is 881. The van der Waals surface area contributed by atoms with Gasteiger partial charge in [-0.05, 0) is 49.5 Å². The average Bonchev–Trinajstić information content (AvgIpc) is 2.62. The Labute approximate surface area is 162 Å². The van der Waals surface area contributed by atoms with Gasteiger partial charge in [-0.25, -0.2) is 0 Å². The predicted molar refractivity (Wildman–Crippen MR) is 107 cm³/mol. The number of nitrogens with one attached hydrogen (secondary N) is 3. The van der Waals surface area contributed by atoms with Crippen molar-refractivity contribution < 1.29 is 9.53 Å². The van der Waals surface area contributed by atoms with Gasteiger partial charge in [-0.2, -0.15) is 0 Å². The summed E-state index contributed by atoms with van der Waals surface area (Å²) in [5.74, 6) is 0.447. The average molecular weight is 388 g/mol. The molecule has 1 atom stereocenters. The molecule has 0 saturated carbocycles. The van der Waals surface area contributed by atoms with Crippen LogP contribution in [0.4, 0.5) is 5.69 Å². The highest BCUT2D eigenvalue weighted by molar-refractivity contribution is 7.80. The van der Waals surface area contributed by atoms with Crippen molar-refractivity contribution in [1.82, 2.24) is 10.6 Å². The first-order valence-corrected chi connectivity index (χ1v) is 8.76. The zero-order valence-corrected chi connectivity index (χ0v) is 15.9. The highest BCUT2D eigenvalue weighted by atomic mass is 35.5. The van der Waals surface area contributed by atoms with Crippen molar-refractivity contribution in [2.24, 2.45) is 0 Å². The smallest absolute Gasteiger partial charge is 0.255 e. The molecule has 0 fully saturated rings. The number of hydrogen-bond acceptors (Lipinski definition) is 3. The molecule has 1 heterocycles. The van der Waals surface area contributed by atoms with Gasteiger partial charge < -0.3 is 20.7 Å². The van der Waals surface area contributed by atoms with Gasteiger partial charge in [-0.1, -0.05) is 29.8 Å². The SMILES string of the molecule is COc1ccccc1C1NC(=S)NC(C)=C1C(=O)Nc1ccc(Cl)cc1. The van der Waals surface area contributed by atoms with E-state index in [4.69, 9.17) is 28.6 Å². The summed E-state index contributed by atoms with van der Waals surface area (Å²) < 4.78 is 5.46. The molecular formula is C19H18ClN3O2S. The number of thiocarbonyl (C=S) groups is 1. The molecule has 1 amide bonds. The number of halogens is 1. The Balaban J connectivity index is 1.97. The predicted octanol–water partition coefficient (Wildman–Crippen LogP) is 3.78. The third-order valence-electron chi connectivity index (χ3n) is 4.07. The van der Waals surface area contributed by atoms with Gasteiger partial charge in [0, 0.05) is 22.0 Å². The number of benzene rings is 2. The van der Waals surface area contributed by atoms with E-state index in [0.29, 0.717) is 32.8 Å². The topological polar surface area (TPSA) is 62.4 Å². The first kappa shape index (κ1) is 18.2. The summed E-state index contributed by atoms with van der Waals surface area (Å²) >= 11 is 11.2. The van der Waals surface area contributed by atoms with E-state index < -0.39 is 6.04 Å². The number of carbonyl (C=O) groups is 1. The molecule has 134 valence electrons. The van der Waals surface area contributed by atoms with E-state index in [2.05, 4.69) is 16.0 Å². The fourth-order valence-electron chi connectivity index (χ4n) is 2.86. The van der Waals surface area contributed by atoms with E-state index in [1.807, 2.05) is 31.2 Å². The van der Waals surface area contributed by atoms with Gasteiger partial charge in [0.1, 0.15) is 5.75 Å². The van der Waals surface area contributed by atoms with Crippen molar-refractivity contribution in [3.8, 4) is 5.75 Å². The number of carbonyl (C=O) groups excluding carboxylic acids is 1. The summed E-state index contributed by atoms with van der Waals surface area (Å²) in [6.07, 6.45) is 0. The van der Waals surface area contributed by atoms with Gasteiger partial charge in [0.15, 0.2) is 5.11 Å². The van der Waals surface area contributed by atoms with E-state index in [1.165, 1.54) is 0 Å². The lowest BCUT2D eigenvalue weighted by molar-refractivity contribution is -0.113. The molecule has 0 bridgehead atoms. The number of rotatable bonds is 4. The monoisotopic (exact) mass is 387 g/mol. The van der Waals surface area contributed by atoms with E-state index in [0.717, 1.165) is 5.56 Å². The molecule has 1 aliphatic heterocycles. The molecule has 0 aromatic heterocycles. The highest BCUT2D eigenvalue weighted by Crippen LogP contribution is 2.33. The molecule has 2 aromatic carbocycles. The van der Waals surface area contributed by atoms with Crippen LogP contribution in [0.15, 0.2) is 59.8 Å². The molecule has 0 radical (unpaired) electrons. The maximum Gasteiger partial charge on any atom is 0.255 e. The molecule has 0 aliphatic carbocycles. The van der Waals surface area contributed by atoms with Gasteiger partial charge in [-0.3, -0.25) is 4.79 Å². The van der Waals surface area contributed by atoms with Crippen LogP contribution in [0.2, 0.25) is 5.02 Å². The van der Waals surface area contributed by atoms with Crippen molar-refractivity contribution in [3.05, 3.63) is 70.4 Å². The number of ether oxygens (including phenoxy) is 1. The molecule has 7 heteroatoms. The number of amides is 1. The van der Waals surface area contributed by atoms with E-state index in [-0.39, 0.29) is 5.91 Å². The molecule has 3 rings (SSSR count). The lowest BCUT2D eigenvalue weighted by atomic mass is 9.94. The molecule has 0 saturated heterocycles. The lowest BCUT2D eigenvalue weighted by Gasteiger charge is -2.31. The largest absolute Gasteiger partial charge is 0.496 e. The number of methoxy groups -OCH3 is 1.